The molecule has 0 radical (unpaired) electrons. The Morgan fingerprint density at radius 2 is 2.22 bits per heavy atom. The first-order valence-electron chi connectivity index (χ1n) is 6.68. The van der Waals surface area contributed by atoms with E-state index in [0.29, 0.717) is 17.4 Å². The summed E-state index contributed by atoms with van der Waals surface area (Å²) in [6.07, 6.45) is 6.84. The molecule has 0 bridgehead atoms. The van der Waals surface area contributed by atoms with Crippen LogP contribution in [-0.4, -0.2) is 22.6 Å². The summed E-state index contributed by atoms with van der Waals surface area (Å²) in [4.78, 5) is 8.21. The van der Waals surface area contributed by atoms with Crippen LogP contribution in [0, 0.1) is 5.92 Å². The summed E-state index contributed by atoms with van der Waals surface area (Å²) in [6.45, 7) is 4.81. The van der Waals surface area contributed by atoms with Crippen LogP contribution in [-0.2, 0) is 0 Å². The summed E-state index contributed by atoms with van der Waals surface area (Å²) >= 11 is 0. The molecular formula is C13H22N4O. The fourth-order valence-electron chi connectivity index (χ4n) is 2.01. The highest BCUT2D eigenvalue weighted by Gasteiger charge is 2.17. The number of rotatable bonds is 6. The molecule has 5 nitrogen and oxygen atoms in total. The molecule has 0 amide bonds. The number of hydrogen-bond acceptors (Lipinski definition) is 5. The van der Waals surface area contributed by atoms with Gasteiger partial charge in [0.15, 0.2) is 5.82 Å². The van der Waals surface area contributed by atoms with Gasteiger partial charge in [0, 0.05) is 6.54 Å². The summed E-state index contributed by atoms with van der Waals surface area (Å²) in [6, 6.07) is 0. The second-order valence-electron chi connectivity index (χ2n) is 5.12. The zero-order valence-electron chi connectivity index (χ0n) is 11.1. The Balaban J connectivity index is 1.90. The van der Waals surface area contributed by atoms with Gasteiger partial charge < -0.3 is 15.8 Å². The molecule has 0 unspecified atom stereocenters. The van der Waals surface area contributed by atoms with Crippen molar-refractivity contribution in [1.29, 1.82) is 0 Å². The monoisotopic (exact) mass is 250 g/mol. The van der Waals surface area contributed by atoms with Gasteiger partial charge in [-0.15, -0.1) is 0 Å². The molecule has 0 spiro atoms. The van der Waals surface area contributed by atoms with Gasteiger partial charge in [0.05, 0.1) is 6.10 Å². The molecule has 1 fully saturated rings. The van der Waals surface area contributed by atoms with Crippen LogP contribution in [0.25, 0.3) is 0 Å². The Hall–Kier alpha value is -1.52. The summed E-state index contributed by atoms with van der Waals surface area (Å²) < 4.78 is 5.53. The van der Waals surface area contributed by atoms with E-state index in [1.807, 2.05) is 13.8 Å². The summed E-state index contributed by atoms with van der Waals surface area (Å²) in [5.74, 6) is 2.03. The van der Waals surface area contributed by atoms with E-state index in [1.54, 1.807) is 0 Å². The molecule has 1 heterocycles. The maximum atomic E-state index is 5.98. The lowest BCUT2D eigenvalue weighted by molar-refractivity contribution is 0.234. The third kappa shape index (κ3) is 3.24. The average molecular weight is 250 g/mol. The van der Waals surface area contributed by atoms with Crippen LogP contribution in [0.15, 0.2) is 6.33 Å². The first-order valence-corrected chi connectivity index (χ1v) is 6.68. The highest BCUT2D eigenvalue weighted by molar-refractivity contribution is 5.66. The number of nitrogen functional groups attached to an aromatic ring is 1. The Bertz CT molecular complexity index is 391. The lowest BCUT2D eigenvalue weighted by Gasteiger charge is -2.25. The number of nitrogens with one attached hydrogen (secondary N) is 1. The fraction of sp³-hybridized carbons (Fsp3) is 0.692. The molecule has 1 saturated carbocycles. The van der Waals surface area contributed by atoms with Crippen LogP contribution < -0.4 is 15.8 Å². The van der Waals surface area contributed by atoms with Gasteiger partial charge >= 0.3 is 0 Å². The number of ether oxygens (including phenoxy) is 1. The number of anilines is 2. The van der Waals surface area contributed by atoms with E-state index in [9.17, 15) is 0 Å². The van der Waals surface area contributed by atoms with Crippen molar-refractivity contribution >= 4 is 11.5 Å². The smallest absolute Gasteiger partial charge is 0.242 e. The molecule has 100 valence electrons. The number of hydrogen-bond donors (Lipinski definition) is 2. The minimum Gasteiger partial charge on any atom is -0.473 e. The predicted octanol–water partition coefficient (Wildman–Crippen LogP) is 2.45. The molecule has 1 aliphatic rings. The van der Waals surface area contributed by atoms with E-state index in [4.69, 9.17) is 10.5 Å². The van der Waals surface area contributed by atoms with Crippen LogP contribution in [0.1, 0.15) is 39.5 Å². The average Bonchev–Trinajstić information content (AvgIpc) is 2.26. The van der Waals surface area contributed by atoms with Crippen molar-refractivity contribution in [2.45, 2.75) is 45.6 Å². The molecule has 0 saturated heterocycles. The van der Waals surface area contributed by atoms with Gasteiger partial charge in [0.25, 0.3) is 0 Å². The molecule has 5 heteroatoms. The van der Waals surface area contributed by atoms with Crippen molar-refractivity contribution in [2.24, 2.45) is 5.92 Å². The zero-order valence-corrected chi connectivity index (χ0v) is 11.1. The van der Waals surface area contributed by atoms with Gasteiger partial charge in [-0.3, -0.25) is 0 Å². The van der Waals surface area contributed by atoms with Crippen molar-refractivity contribution in [1.82, 2.24) is 9.97 Å². The molecule has 1 aromatic heterocycles. The van der Waals surface area contributed by atoms with Crippen LogP contribution in [0.4, 0.5) is 11.5 Å². The van der Waals surface area contributed by atoms with E-state index in [2.05, 4.69) is 15.3 Å². The van der Waals surface area contributed by atoms with Crippen molar-refractivity contribution in [3.63, 3.8) is 0 Å². The van der Waals surface area contributed by atoms with Crippen LogP contribution in [0.3, 0.4) is 0 Å². The van der Waals surface area contributed by atoms with Gasteiger partial charge in [0.2, 0.25) is 5.88 Å². The largest absolute Gasteiger partial charge is 0.473 e. The highest BCUT2D eigenvalue weighted by Crippen LogP contribution is 2.30. The first-order chi connectivity index (χ1) is 8.66. The van der Waals surface area contributed by atoms with Gasteiger partial charge in [-0.05, 0) is 26.2 Å². The SMILES string of the molecule is CC(C)Oc1ncnc(NCCC2CCC2)c1N. The van der Waals surface area contributed by atoms with E-state index in [-0.39, 0.29) is 6.10 Å². The lowest BCUT2D eigenvalue weighted by atomic mass is 9.83. The Morgan fingerprint density at radius 3 is 2.83 bits per heavy atom. The maximum Gasteiger partial charge on any atom is 0.242 e. The standard InChI is InChI=1S/C13H22N4O/c1-9(2)18-13-11(14)12(16-8-17-13)15-7-6-10-4-3-5-10/h8-10H,3-7,14H2,1-2H3,(H,15,16,17). The molecule has 0 aliphatic heterocycles. The van der Waals surface area contributed by atoms with E-state index in [1.165, 1.54) is 32.0 Å². The fourth-order valence-corrected chi connectivity index (χ4v) is 2.01. The second kappa shape index (κ2) is 5.89. The normalized spacial score (nSPS) is 15.5. The first kappa shape index (κ1) is 12.9. The lowest BCUT2D eigenvalue weighted by Crippen LogP contribution is -2.17. The number of nitrogens with zero attached hydrogens (tertiary/aromatic N) is 2. The van der Waals surface area contributed by atoms with Crippen LogP contribution in [0.2, 0.25) is 0 Å². The summed E-state index contributed by atoms with van der Waals surface area (Å²) in [7, 11) is 0. The van der Waals surface area contributed by atoms with Crippen molar-refractivity contribution in [3.05, 3.63) is 6.33 Å². The van der Waals surface area contributed by atoms with E-state index in [0.717, 1.165) is 12.5 Å². The Kier molecular flexibility index (Phi) is 4.23. The van der Waals surface area contributed by atoms with Crippen molar-refractivity contribution < 1.29 is 4.74 Å². The number of nitrogens with two attached hydrogens (primary N) is 1. The molecule has 2 rings (SSSR count). The highest BCUT2D eigenvalue weighted by atomic mass is 16.5. The van der Waals surface area contributed by atoms with E-state index >= 15 is 0 Å². The third-order valence-corrected chi connectivity index (χ3v) is 3.26. The summed E-state index contributed by atoms with van der Waals surface area (Å²) in [5, 5.41) is 3.27. The molecule has 1 aliphatic carbocycles. The van der Waals surface area contributed by atoms with Crippen molar-refractivity contribution in [3.8, 4) is 5.88 Å². The third-order valence-electron chi connectivity index (χ3n) is 3.26. The van der Waals surface area contributed by atoms with Crippen molar-refractivity contribution in [2.75, 3.05) is 17.6 Å². The number of aromatic nitrogens is 2. The molecule has 0 atom stereocenters. The molecule has 18 heavy (non-hydrogen) atoms. The second-order valence-corrected chi connectivity index (χ2v) is 5.12. The Morgan fingerprint density at radius 1 is 1.44 bits per heavy atom. The predicted molar refractivity (Wildman–Crippen MR) is 72.7 cm³/mol. The topological polar surface area (TPSA) is 73.1 Å². The molecular weight excluding hydrogens is 228 g/mol. The van der Waals surface area contributed by atoms with Crippen LogP contribution >= 0.6 is 0 Å². The Labute approximate surface area is 108 Å². The minimum atomic E-state index is 0.0602. The quantitative estimate of drug-likeness (QED) is 0.811. The van der Waals surface area contributed by atoms with Crippen LogP contribution in [0.5, 0.6) is 5.88 Å². The molecule has 0 aromatic carbocycles. The van der Waals surface area contributed by atoms with Gasteiger partial charge in [-0.25, -0.2) is 4.98 Å². The summed E-state index contributed by atoms with van der Waals surface area (Å²) in [5.41, 5.74) is 6.48. The molecule has 1 aromatic rings. The van der Waals surface area contributed by atoms with Gasteiger partial charge in [-0.1, -0.05) is 19.3 Å². The van der Waals surface area contributed by atoms with Gasteiger partial charge in [0.1, 0.15) is 12.0 Å². The van der Waals surface area contributed by atoms with Gasteiger partial charge in [-0.2, -0.15) is 4.98 Å². The zero-order chi connectivity index (χ0) is 13.0. The molecule has 3 N–H and O–H groups in total. The van der Waals surface area contributed by atoms with E-state index < -0.39 is 0 Å². The maximum absolute atomic E-state index is 5.98. The minimum absolute atomic E-state index is 0.0602.